The number of morpholine rings is 1. The number of nitrogens with one attached hydrogen (secondary N) is 1. The van der Waals surface area contributed by atoms with Gasteiger partial charge in [-0.15, -0.1) is 0 Å². The van der Waals surface area contributed by atoms with Crippen molar-refractivity contribution in [3.63, 3.8) is 0 Å². The van der Waals surface area contributed by atoms with Crippen LogP contribution in [0.5, 0.6) is 0 Å². The zero-order chi connectivity index (χ0) is 18.6. The van der Waals surface area contributed by atoms with Gasteiger partial charge in [0.05, 0.1) is 25.4 Å². The third-order valence-electron chi connectivity index (χ3n) is 6.54. The summed E-state index contributed by atoms with van der Waals surface area (Å²) in [6, 6.07) is 0.252. The lowest BCUT2D eigenvalue weighted by Gasteiger charge is -2.47. The van der Waals surface area contributed by atoms with Crippen molar-refractivity contribution in [2.24, 2.45) is 11.3 Å². The standard InChI is InChI=1S/C21H38N2O3/c1-16(24)22-18-13-19(17-7-5-4-6-8-17)26-20(14-18)21(2,3)15-23-9-11-25-12-10-23/h17-20H,4-15H2,1-3H3,(H,22,24)/t18-,19-,20+/m1/s1. The van der Waals surface area contributed by atoms with Crippen LogP contribution in [0, 0.1) is 11.3 Å². The van der Waals surface area contributed by atoms with Crippen molar-refractivity contribution in [1.82, 2.24) is 10.2 Å². The molecule has 3 rings (SSSR count). The highest BCUT2D eigenvalue weighted by atomic mass is 16.5. The predicted molar refractivity (Wildman–Crippen MR) is 103 cm³/mol. The first-order valence-corrected chi connectivity index (χ1v) is 10.7. The Morgan fingerprint density at radius 1 is 1.12 bits per heavy atom. The molecule has 0 aromatic rings. The molecule has 0 radical (unpaired) electrons. The number of hydrogen-bond donors (Lipinski definition) is 1. The van der Waals surface area contributed by atoms with Gasteiger partial charge < -0.3 is 14.8 Å². The summed E-state index contributed by atoms with van der Waals surface area (Å²) in [4.78, 5) is 14.2. The van der Waals surface area contributed by atoms with Gasteiger partial charge in [0.25, 0.3) is 0 Å². The van der Waals surface area contributed by atoms with Crippen LogP contribution in [0.3, 0.4) is 0 Å². The Bertz CT molecular complexity index is 456. The van der Waals surface area contributed by atoms with Crippen LogP contribution in [0.1, 0.15) is 65.7 Å². The van der Waals surface area contributed by atoms with E-state index < -0.39 is 0 Å². The van der Waals surface area contributed by atoms with Crippen molar-refractivity contribution >= 4 is 5.91 Å². The maximum absolute atomic E-state index is 11.7. The fraction of sp³-hybridized carbons (Fsp3) is 0.952. The summed E-state index contributed by atoms with van der Waals surface area (Å²) < 4.78 is 12.2. The maximum Gasteiger partial charge on any atom is 0.217 e. The van der Waals surface area contributed by atoms with Crippen molar-refractivity contribution in [1.29, 1.82) is 0 Å². The van der Waals surface area contributed by atoms with E-state index in [2.05, 4.69) is 24.1 Å². The largest absolute Gasteiger partial charge is 0.379 e. The Morgan fingerprint density at radius 2 is 1.81 bits per heavy atom. The molecule has 1 saturated carbocycles. The molecule has 3 fully saturated rings. The van der Waals surface area contributed by atoms with E-state index in [1.807, 2.05) is 0 Å². The van der Waals surface area contributed by atoms with Gasteiger partial charge in [-0.3, -0.25) is 9.69 Å². The lowest BCUT2D eigenvalue weighted by Crippen LogP contribution is -2.54. The minimum Gasteiger partial charge on any atom is -0.379 e. The number of ether oxygens (including phenoxy) is 2. The summed E-state index contributed by atoms with van der Waals surface area (Å²) in [5.41, 5.74) is 0.0708. The van der Waals surface area contributed by atoms with E-state index in [1.54, 1.807) is 6.92 Å². The maximum atomic E-state index is 11.7. The van der Waals surface area contributed by atoms with E-state index in [4.69, 9.17) is 9.47 Å². The van der Waals surface area contributed by atoms with Crippen LogP contribution in [0.15, 0.2) is 0 Å². The number of carbonyl (C=O) groups excluding carboxylic acids is 1. The van der Waals surface area contributed by atoms with Crippen molar-refractivity contribution < 1.29 is 14.3 Å². The fourth-order valence-corrected chi connectivity index (χ4v) is 5.11. The van der Waals surface area contributed by atoms with Gasteiger partial charge in [0.1, 0.15) is 0 Å². The van der Waals surface area contributed by atoms with E-state index in [1.165, 1.54) is 32.1 Å². The van der Waals surface area contributed by atoms with Crippen LogP contribution in [0.4, 0.5) is 0 Å². The van der Waals surface area contributed by atoms with Gasteiger partial charge in [-0.1, -0.05) is 33.1 Å². The van der Waals surface area contributed by atoms with E-state index in [9.17, 15) is 4.79 Å². The molecule has 0 unspecified atom stereocenters. The second kappa shape index (κ2) is 9.03. The summed E-state index contributed by atoms with van der Waals surface area (Å²) in [5.74, 6) is 0.756. The van der Waals surface area contributed by atoms with Gasteiger partial charge in [-0.25, -0.2) is 0 Å². The quantitative estimate of drug-likeness (QED) is 0.813. The van der Waals surface area contributed by atoms with Crippen LogP contribution in [0.2, 0.25) is 0 Å². The molecule has 2 heterocycles. The highest BCUT2D eigenvalue weighted by Gasteiger charge is 2.42. The molecule has 1 N–H and O–H groups in total. The van der Waals surface area contributed by atoms with Gasteiger partial charge in [-0.05, 0) is 31.6 Å². The number of amides is 1. The van der Waals surface area contributed by atoms with Crippen molar-refractivity contribution in [3.05, 3.63) is 0 Å². The Kier molecular flexibility index (Phi) is 6.98. The average Bonchev–Trinajstić information content (AvgIpc) is 2.62. The predicted octanol–water partition coefficient (Wildman–Crippen LogP) is 2.98. The van der Waals surface area contributed by atoms with Crippen molar-refractivity contribution in [3.8, 4) is 0 Å². The number of carbonyl (C=O) groups is 1. The highest BCUT2D eigenvalue weighted by Crippen LogP contribution is 2.39. The summed E-state index contributed by atoms with van der Waals surface area (Å²) in [6.45, 7) is 11.0. The topological polar surface area (TPSA) is 50.8 Å². The Morgan fingerprint density at radius 3 is 2.46 bits per heavy atom. The molecular formula is C21H38N2O3. The van der Waals surface area contributed by atoms with E-state index in [0.717, 1.165) is 45.7 Å². The average molecular weight is 367 g/mol. The van der Waals surface area contributed by atoms with Crippen LogP contribution in [0.25, 0.3) is 0 Å². The van der Waals surface area contributed by atoms with Gasteiger partial charge >= 0.3 is 0 Å². The Labute approximate surface area is 159 Å². The van der Waals surface area contributed by atoms with E-state index in [0.29, 0.717) is 12.0 Å². The Hall–Kier alpha value is -0.650. The molecule has 0 aromatic carbocycles. The second-order valence-corrected chi connectivity index (χ2v) is 9.31. The second-order valence-electron chi connectivity index (χ2n) is 9.31. The fourth-order valence-electron chi connectivity index (χ4n) is 5.11. The highest BCUT2D eigenvalue weighted by molar-refractivity contribution is 5.73. The monoisotopic (exact) mass is 366 g/mol. The molecule has 1 aliphatic carbocycles. The molecule has 5 heteroatoms. The number of rotatable bonds is 5. The zero-order valence-corrected chi connectivity index (χ0v) is 17.0. The van der Waals surface area contributed by atoms with Gasteiger partial charge in [-0.2, -0.15) is 0 Å². The van der Waals surface area contributed by atoms with Gasteiger partial charge in [0.2, 0.25) is 5.91 Å². The minimum atomic E-state index is 0.0708. The Balaban J connectivity index is 1.67. The van der Waals surface area contributed by atoms with Gasteiger partial charge in [0.15, 0.2) is 0 Å². The molecule has 150 valence electrons. The third-order valence-corrected chi connectivity index (χ3v) is 6.54. The van der Waals surface area contributed by atoms with E-state index in [-0.39, 0.29) is 23.5 Å². The molecular weight excluding hydrogens is 328 g/mol. The van der Waals surface area contributed by atoms with Crippen LogP contribution in [-0.2, 0) is 14.3 Å². The zero-order valence-electron chi connectivity index (χ0n) is 17.0. The molecule has 2 aliphatic heterocycles. The van der Waals surface area contributed by atoms with Gasteiger partial charge in [0, 0.05) is 38.0 Å². The van der Waals surface area contributed by atoms with Crippen LogP contribution in [-0.4, -0.2) is 61.9 Å². The van der Waals surface area contributed by atoms with Crippen LogP contribution >= 0.6 is 0 Å². The normalized spacial score (nSPS) is 32.3. The lowest BCUT2D eigenvalue weighted by molar-refractivity contribution is -0.147. The summed E-state index contributed by atoms with van der Waals surface area (Å²) in [5, 5.41) is 3.20. The summed E-state index contributed by atoms with van der Waals surface area (Å²) >= 11 is 0. The number of nitrogens with zero attached hydrogens (tertiary/aromatic N) is 1. The first-order valence-electron chi connectivity index (χ1n) is 10.7. The minimum absolute atomic E-state index is 0.0708. The summed E-state index contributed by atoms with van der Waals surface area (Å²) in [7, 11) is 0. The molecule has 2 saturated heterocycles. The molecule has 3 atom stereocenters. The molecule has 0 aromatic heterocycles. The van der Waals surface area contributed by atoms with Crippen LogP contribution < -0.4 is 5.32 Å². The molecule has 0 bridgehead atoms. The van der Waals surface area contributed by atoms with E-state index >= 15 is 0 Å². The van der Waals surface area contributed by atoms with Crippen molar-refractivity contribution in [2.75, 3.05) is 32.8 Å². The number of hydrogen-bond acceptors (Lipinski definition) is 4. The molecule has 26 heavy (non-hydrogen) atoms. The SMILES string of the molecule is CC(=O)N[C@H]1C[C@@H](C(C)(C)CN2CCOCC2)O[C@@H](C2CCCCC2)C1. The third kappa shape index (κ3) is 5.43. The lowest BCUT2D eigenvalue weighted by atomic mass is 9.76. The molecule has 5 nitrogen and oxygen atoms in total. The smallest absolute Gasteiger partial charge is 0.217 e. The summed E-state index contributed by atoms with van der Waals surface area (Å²) in [6.07, 6.45) is 9.01. The molecule has 3 aliphatic rings. The molecule has 0 spiro atoms. The first kappa shape index (κ1) is 20.1. The van der Waals surface area contributed by atoms with Crippen molar-refractivity contribution in [2.45, 2.75) is 84.0 Å². The molecule has 1 amide bonds. The first-order chi connectivity index (χ1) is 12.4.